The van der Waals surface area contributed by atoms with Crippen LogP contribution in [0.4, 0.5) is 17.3 Å². The van der Waals surface area contributed by atoms with Gasteiger partial charge in [-0.15, -0.1) is 0 Å². The first-order valence-corrected chi connectivity index (χ1v) is 9.04. The zero-order valence-corrected chi connectivity index (χ0v) is 15.5. The number of rotatable bonds is 5. The zero-order chi connectivity index (χ0) is 19.4. The number of ether oxygens (including phenoxy) is 1. The molecule has 8 heteroatoms. The van der Waals surface area contributed by atoms with Crippen molar-refractivity contribution in [3.8, 4) is 0 Å². The van der Waals surface area contributed by atoms with E-state index in [1.54, 1.807) is 6.92 Å². The normalized spacial score (nSPS) is 15.3. The topological polar surface area (TPSA) is 111 Å². The van der Waals surface area contributed by atoms with Crippen molar-refractivity contribution < 1.29 is 18.8 Å². The Morgan fingerprint density at radius 2 is 1.89 bits per heavy atom. The lowest BCUT2D eigenvalue weighted by Gasteiger charge is -2.28. The molecule has 0 unspecified atom stereocenters. The van der Waals surface area contributed by atoms with Gasteiger partial charge in [0.05, 0.1) is 5.69 Å². The Bertz CT molecular complexity index is 790. The summed E-state index contributed by atoms with van der Waals surface area (Å²) in [7, 11) is 0. The summed E-state index contributed by atoms with van der Waals surface area (Å²) in [6.45, 7) is 5.19. The van der Waals surface area contributed by atoms with Crippen molar-refractivity contribution in [3.05, 3.63) is 35.5 Å². The molecule has 144 valence electrons. The van der Waals surface area contributed by atoms with Crippen molar-refractivity contribution in [2.45, 2.75) is 39.2 Å². The molecule has 3 N–H and O–H groups in total. The highest BCUT2D eigenvalue weighted by atomic mass is 16.5. The number of nitrogens with two attached hydrogens (primary N) is 1. The Kier molecular flexibility index (Phi) is 5.63. The fraction of sp³-hybridized carbons (Fsp3) is 0.421. The molecule has 2 heterocycles. The van der Waals surface area contributed by atoms with Gasteiger partial charge in [-0.1, -0.05) is 5.16 Å². The molecule has 0 radical (unpaired) electrons. The summed E-state index contributed by atoms with van der Waals surface area (Å²) in [5.41, 5.74) is 7.71. The number of nitrogens with zero attached hydrogens (tertiary/aromatic N) is 2. The van der Waals surface area contributed by atoms with Crippen LogP contribution in [-0.4, -0.2) is 36.2 Å². The molecule has 1 fully saturated rings. The van der Waals surface area contributed by atoms with Crippen LogP contribution in [0.15, 0.2) is 28.8 Å². The first-order chi connectivity index (χ1) is 13.0. The quantitative estimate of drug-likeness (QED) is 0.776. The third kappa shape index (κ3) is 4.39. The van der Waals surface area contributed by atoms with E-state index in [0.29, 0.717) is 11.4 Å². The summed E-state index contributed by atoms with van der Waals surface area (Å²) in [5.74, 6) is -1.30. The van der Waals surface area contributed by atoms with Crippen molar-refractivity contribution >= 4 is 29.1 Å². The maximum atomic E-state index is 12.3. The Hall–Kier alpha value is -3.03. The maximum Gasteiger partial charge on any atom is 0.346 e. The van der Waals surface area contributed by atoms with E-state index in [0.717, 1.165) is 18.8 Å². The van der Waals surface area contributed by atoms with Crippen LogP contribution in [-0.2, 0) is 9.53 Å². The average Bonchev–Trinajstić information content (AvgIpc) is 3.01. The average molecular weight is 372 g/mol. The van der Waals surface area contributed by atoms with Gasteiger partial charge >= 0.3 is 5.97 Å². The molecule has 0 bridgehead atoms. The number of nitrogens with one attached hydrogen (secondary N) is 1. The minimum absolute atomic E-state index is 0.0422. The molecular formula is C19H24N4O4. The SMILES string of the molecule is Cc1noc(N)c1C(=O)O[C@H](C)C(=O)Nc1ccc(N2CCCCC2)cc1. The Morgan fingerprint density at radius 3 is 2.48 bits per heavy atom. The number of carbonyl (C=O) groups is 2. The van der Waals surface area contributed by atoms with E-state index in [9.17, 15) is 9.59 Å². The van der Waals surface area contributed by atoms with Crippen molar-refractivity contribution in [3.63, 3.8) is 0 Å². The third-order valence-electron chi connectivity index (χ3n) is 4.60. The van der Waals surface area contributed by atoms with E-state index in [1.165, 1.54) is 26.2 Å². The monoisotopic (exact) mass is 372 g/mol. The maximum absolute atomic E-state index is 12.3. The number of carbonyl (C=O) groups excluding carboxylic acids is 2. The van der Waals surface area contributed by atoms with E-state index in [2.05, 4.69) is 15.4 Å². The van der Waals surface area contributed by atoms with Crippen LogP contribution >= 0.6 is 0 Å². The van der Waals surface area contributed by atoms with E-state index >= 15 is 0 Å². The van der Waals surface area contributed by atoms with Crippen molar-refractivity contribution in [1.29, 1.82) is 0 Å². The first kappa shape index (κ1) is 18.8. The molecule has 8 nitrogen and oxygen atoms in total. The van der Waals surface area contributed by atoms with Gasteiger partial charge in [0.1, 0.15) is 5.56 Å². The number of esters is 1. The highest BCUT2D eigenvalue weighted by molar-refractivity contribution is 5.99. The Balaban J connectivity index is 1.57. The summed E-state index contributed by atoms with van der Waals surface area (Å²) in [6, 6.07) is 7.66. The van der Waals surface area contributed by atoms with Gasteiger partial charge in [-0.2, -0.15) is 0 Å². The van der Waals surface area contributed by atoms with Gasteiger partial charge in [0, 0.05) is 24.5 Å². The van der Waals surface area contributed by atoms with Gasteiger partial charge in [0.15, 0.2) is 6.10 Å². The van der Waals surface area contributed by atoms with Crippen LogP contribution in [0.25, 0.3) is 0 Å². The highest BCUT2D eigenvalue weighted by Gasteiger charge is 2.25. The van der Waals surface area contributed by atoms with Crippen molar-refractivity contribution in [1.82, 2.24) is 5.16 Å². The Morgan fingerprint density at radius 1 is 1.22 bits per heavy atom. The molecule has 0 aliphatic carbocycles. The van der Waals surface area contributed by atoms with Gasteiger partial charge < -0.3 is 25.2 Å². The lowest BCUT2D eigenvalue weighted by Crippen LogP contribution is -2.30. The van der Waals surface area contributed by atoms with Crippen LogP contribution < -0.4 is 16.0 Å². The van der Waals surface area contributed by atoms with E-state index in [4.69, 9.17) is 15.0 Å². The molecule has 1 aromatic carbocycles. The number of benzene rings is 1. The van der Waals surface area contributed by atoms with E-state index < -0.39 is 18.0 Å². The van der Waals surface area contributed by atoms with Crippen molar-refractivity contribution in [2.24, 2.45) is 0 Å². The predicted octanol–water partition coefficient (Wildman–Crippen LogP) is 2.74. The summed E-state index contributed by atoms with van der Waals surface area (Å²) in [4.78, 5) is 26.8. The second-order valence-corrected chi connectivity index (χ2v) is 6.64. The molecule has 2 aromatic rings. The van der Waals surface area contributed by atoms with E-state index in [-0.39, 0.29) is 11.4 Å². The third-order valence-corrected chi connectivity index (χ3v) is 4.60. The second kappa shape index (κ2) is 8.11. The van der Waals surface area contributed by atoms with Gasteiger partial charge in [-0.3, -0.25) is 4.79 Å². The molecule has 1 amide bonds. The molecule has 1 aliphatic heterocycles. The van der Waals surface area contributed by atoms with Gasteiger partial charge in [0.25, 0.3) is 5.91 Å². The molecule has 0 spiro atoms. The van der Waals surface area contributed by atoms with Crippen LogP contribution in [0.3, 0.4) is 0 Å². The van der Waals surface area contributed by atoms with Gasteiger partial charge in [-0.05, 0) is 57.4 Å². The largest absolute Gasteiger partial charge is 0.449 e. The second-order valence-electron chi connectivity index (χ2n) is 6.64. The van der Waals surface area contributed by atoms with E-state index in [1.807, 2.05) is 24.3 Å². The molecule has 1 aromatic heterocycles. The fourth-order valence-corrected chi connectivity index (χ4v) is 3.06. The molecule has 27 heavy (non-hydrogen) atoms. The van der Waals surface area contributed by atoms with Crippen LogP contribution in [0, 0.1) is 6.92 Å². The standard InChI is InChI=1S/C19H24N4O4/c1-12-16(17(20)27-22-12)19(25)26-13(2)18(24)21-14-6-8-15(9-7-14)23-10-4-3-5-11-23/h6-9,13H,3-5,10-11,20H2,1-2H3,(H,21,24)/t13-/m1/s1. The number of aromatic nitrogens is 1. The number of amides is 1. The van der Waals surface area contributed by atoms with Gasteiger partial charge in [0.2, 0.25) is 5.88 Å². The summed E-state index contributed by atoms with van der Waals surface area (Å²) in [5, 5.41) is 6.35. The summed E-state index contributed by atoms with van der Waals surface area (Å²) >= 11 is 0. The minimum Gasteiger partial charge on any atom is -0.449 e. The molecule has 1 aliphatic rings. The summed E-state index contributed by atoms with van der Waals surface area (Å²) < 4.78 is 9.91. The predicted molar refractivity (Wildman–Crippen MR) is 102 cm³/mol. The molecular weight excluding hydrogens is 348 g/mol. The highest BCUT2D eigenvalue weighted by Crippen LogP contribution is 2.22. The number of anilines is 3. The molecule has 1 saturated heterocycles. The first-order valence-electron chi connectivity index (χ1n) is 9.04. The molecule has 3 rings (SSSR count). The lowest BCUT2D eigenvalue weighted by molar-refractivity contribution is -0.123. The number of hydrogen-bond acceptors (Lipinski definition) is 7. The lowest BCUT2D eigenvalue weighted by atomic mass is 10.1. The van der Waals surface area contributed by atoms with Crippen LogP contribution in [0.2, 0.25) is 0 Å². The number of piperidine rings is 1. The zero-order valence-electron chi connectivity index (χ0n) is 15.5. The Labute approximate surface area is 157 Å². The van der Waals surface area contributed by atoms with Gasteiger partial charge in [-0.25, -0.2) is 4.79 Å². The number of hydrogen-bond donors (Lipinski definition) is 2. The number of aryl methyl sites for hydroxylation is 1. The van der Waals surface area contributed by atoms with Crippen LogP contribution in [0.5, 0.6) is 0 Å². The fourth-order valence-electron chi connectivity index (χ4n) is 3.06. The smallest absolute Gasteiger partial charge is 0.346 e. The van der Waals surface area contributed by atoms with Crippen molar-refractivity contribution in [2.75, 3.05) is 29.0 Å². The molecule has 1 atom stereocenters. The summed E-state index contributed by atoms with van der Waals surface area (Å²) in [6.07, 6.45) is 2.70. The number of nitrogen functional groups attached to an aromatic ring is 1. The molecule has 0 saturated carbocycles. The van der Waals surface area contributed by atoms with Crippen LogP contribution in [0.1, 0.15) is 42.2 Å². The minimum atomic E-state index is -0.993.